The first kappa shape index (κ1) is 14.7. The molecule has 1 heterocycles. The molecule has 1 rings (SSSR count). The number of nitrogens with zero attached hydrogens (tertiary/aromatic N) is 2. The van der Waals surface area contributed by atoms with Crippen LogP contribution in [0.5, 0.6) is 0 Å². The number of aryl methyl sites for hydroxylation is 1. The predicted molar refractivity (Wildman–Crippen MR) is 78.2 cm³/mol. The maximum Gasteiger partial charge on any atom is 0.224 e. The third kappa shape index (κ3) is 5.34. The molecule has 0 amide bonds. The average molecular weight is 250 g/mol. The molecular weight excluding hydrogens is 224 g/mol. The van der Waals surface area contributed by atoms with Crippen LogP contribution in [0, 0.1) is 6.92 Å². The molecule has 0 radical (unpaired) electrons. The van der Waals surface area contributed by atoms with Gasteiger partial charge in [-0.05, 0) is 19.8 Å². The summed E-state index contributed by atoms with van der Waals surface area (Å²) < 4.78 is 0. The van der Waals surface area contributed by atoms with E-state index in [-0.39, 0.29) is 0 Å². The van der Waals surface area contributed by atoms with E-state index in [1.54, 1.807) is 0 Å². The second kappa shape index (κ2) is 8.72. The summed E-state index contributed by atoms with van der Waals surface area (Å²) in [6.07, 6.45) is 8.03. The number of rotatable bonds is 9. The maximum atomic E-state index is 4.49. The van der Waals surface area contributed by atoms with Gasteiger partial charge in [-0.1, -0.05) is 33.1 Å². The molecule has 2 N–H and O–H groups in total. The number of unbranched alkanes of at least 4 members (excludes halogenated alkanes) is 3. The van der Waals surface area contributed by atoms with Crippen molar-refractivity contribution in [3.8, 4) is 0 Å². The minimum atomic E-state index is 0.721. The SMILES string of the molecule is CCCCCCNc1nc(NCCC)ncc1C. The summed E-state index contributed by atoms with van der Waals surface area (Å²) in [4.78, 5) is 8.77. The molecule has 0 aliphatic heterocycles. The quantitative estimate of drug-likeness (QED) is 0.657. The lowest BCUT2D eigenvalue weighted by Crippen LogP contribution is -2.09. The smallest absolute Gasteiger partial charge is 0.224 e. The Morgan fingerprint density at radius 3 is 2.56 bits per heavy atom. The molecule has 0 saturated carbocycles. The largest absolute Gasteiger partial charge is 0.370 e. The Bertz CT molecular complexity index is 339. The van der Waals surface area contributed by atoms with Gasteiger partial charge in [0.05, 0.1) is 0 Å². The van der Waals surface area contributed by atoms with E-state index in [4.69, 9.17) is 0 Å². The highest BCUT2D eigenvalue weighted by molar-refractivity contribution is 5.46. The van der Waals surface area contributed by atoms with E-state index in [9.17, 15) is 0 Å². The first-order chi connectivity index (χ1) is 8.77. The van der Waals surface area contributed by atoms with E-state index < -0.39 is 0 Å². The van der Waals surface area contributed by atoms with Gasteiger partial charge in [0.15, 0.2) is 0 Å². The predicted octanol–water partition coefficient (Wildman–Crippen LogP) is 3.60. The van der Waals surface area contributed by atoms with Crippen LogP contribution in [0.15, 0.2) is 6.20 Å². The summed E-state index contributed by atoms with van der Waals surface area (Å²) in [5.41, 5.74) is 1.10. The topological polar surface area (TPSA) is 49.8 Å². The molecular formula is C14H26N4. The van der Waals surface area contributed by atoms with Crippen LogP contribution in [0.1, 0.15) is 51.5 Å². The molecule has 18 heavy (non-hydrogen) atoms. The zero-order chi connectivity index (χ0) is 13.2. The number of hydrogen-bond donors (Lipinski definition) is 2. The van der Waals surface area contributed by atoms with Gasteiger partial charge in [-0.3, -0.25) is 0 Å². The van der Waals surface area contributed by atoms with Crippen LogP contribution in [0.2, 0.25) is 0 Å². The Labute approximate surface area is 111 Å². The molecule has 0 unspecified atom stereocenters. The fraction of sp³-hybridized carbons (Fsp3) is 0.714. The van der Waals surface area contributed by atoms with E-state index in [1.165, 1.54) is 25.7 Å². The molecule has 0 aromatic carbocycles. The van der Waals surface area contributed by atoms with Gasteiger partial charge in [0.2, 0.25) is 5.95 Å². The molecule has 0 aliphatic carbocycles. The number of anilines is 2. The Hall–Kier alpha value is -1.32. The van der Waals surface area contributed by atoms with Gasteiger partial charge in [0, 0.05) is 24.8 Å². The first-order valence-electron chi connectivity index (χ1n) is 7.09. The lowest BCUT2D eigenvalue weighted by atomic mass is 10.2. The maximum absolute atomic E-state index is 4.49. The van der Waals surface area contributed by atoms with Gasteiger partial charge in [-0.15, -0.1) is 0 Å². The van der Waals surface area contributed by atoms with E-state index in [2.05, 4.69) is 34.4 Å². The summed E-state index contributed by atoms with van der Waals surface area (Å²) in [6.45, 7) is 8.31. The Kier molecular flexibility index (Phi) is 7.14. The van der Waals surface area contributed by atoms with Gasteiger partial charge < -0.3 is 10.6 Å². The Morgan fingerprint density at radius 2 is 1.83 bits per heavy atom. The third-order valence-electron chi connectivity index (χ3n) is 2.83. The van der Waals surface area contributed by atoms with Crippen molar-refractivity contribution in [3.63, 3.8) is 0 Å². The molecule has 1 aromatic rings. The molecule has 102 valence electrons. The molecule has 4 heteroatoms. The van der Waals surface area contributed by atoms with Crippen molar-refractivity contribution in [2.75, 3.05) is 23.7 Å². The molecule has 4 nitrogen and oxygen atoms in total. The molecule has 0 fully saturated rings. The van der Waals surface area contributed by atoms with Crippen molar-refractivity contribution < 1.29 is 0 Å². The fourth-order valence-corrected chi connectivity index (χ4v) is 1.70. The highest BCUT2D eigenvalue weighted by Crippen LogP contribution is 2.12. The summed E-state index contributed by atoms with van der Waals surface area (Å²) in [6, 6.07) is 0. The van der Waals surface area contributed by atoms with Crippen molar-refractivity contribution in [1.29, 1.82) is 0 Å². The van der Waals surface area contributed by atoms with Crippen LogP contribution in [-0.2, 0) is 0 Å². The van der Waals surface area contributed by atoms with Gasteiger partial charge >= 0.3 is 0 Å². The lowest BCUT2D eigenvalue weighted by Gasteiger charge is -2.10. The van der Waals surface area contributed by atoms with Crippen LogP contribution in [0.25, 0.3) is 0 Å². The van der Waals surface area contributed by atoms with Gasteiger partial charge in [0.25, 0.3) is 0 Å². The van der Waals surface area contributed by atoms with Gasteiger partial charge in [-0.25, -0.2) is 4.98 Å². The molecule has 1 aromatic heterocycles. The van der Waals surface area contributed by atoms with Crippen LogP contribution in [-0.4, -0.2) is 23.1 Å². The lowest BCUT2D eigenvalue weighted by molar-refractivity contribution is 0.684. The van der Waals surface area contributed by atoms with Gasteiger partial charge in [0.1, 0.15) is 5.82 Å². The molecule has 0 spiro atoms. The summed E-state index contributed by atoms with van der Waals surface area (Å²) >= 11 is 0. The van der Waals surface area contributed by atoms with E-state index >= 15 is 0 Å². The highest BCUT2D eigenvalue weighted by Gasteiger charge is 2.02. The first-order valence-corrected chi connectivity index (χ1v) is 7.09. The Morgan fingerprint density at radius 1 is 1.00 bits per heavy atom. The van der Waals surface area contributed by atoms with Crippen LogP contribution < -0.4 is 10.6 Å². The second-order valence-electron chi connectivity index (χ2n) is 4.64. The molecule has 0 atom stereocenters. The number of aromatic nitrogens is 2. The standard InChI is InChI=1S/C14H26N4/c1-4-6-7-8-10-15-13-12(3)11-17-14(18-13)16-9-5-2/h11H,4-10H2,1-3H3,(H2,15,16,17,18). The monoisotopic (exact) mass is 250 g/mol. The minimum Gasteiger partial charge on any atom is -0.370 e. The highest BCUT2D eigenvalue weighted by atomic mass is 15.1. The molecule has 0 saturated heterocycles. The summed E-state index contributed by atoms with van der Waals surface area (Å²) in [7, 11) is 0. The van der Waals surface area contributed by atoms with E-state index in [1.807, 2.05) is 13.1 Å². The molecule has 0 bridgehead atoms. The second-order valence-corrected chi connectivity index (χ2v) is 4.64. The minimum absolute atomic E-state index is 0.721. The Balaban J connectivity index is 2.42. The summed E-state index contributed by atoms with van der Waals surface area (Å²) in [5.74, 6) is 1.68. The number of nitrogens with one attached hydrogen (secondary N) is 2. The number of hydrogen-bond acceptors (Lipinski definition) is 4. The molecule has 0 aliphatic rings. The van der Waals surface area contributed by atoms with Crippen molar-refractivity contribution in [2.45, 2.75) is 52.9 Å². The van der Waals surface area contributed by atoms with Gasteiger partial charge in [-0.2, -0.15) is 4.98 Å². The van der Waals surface area contributed by atoms with Crippen LogP contribution >= 0.6 is 0 Å². The zero-order valence-electron chi connectivity index (χ0n) is 11.9. The fourth-order valence-electron chi connectivity index (χ4n) is 1.70. The van der Waals surface area contributed by atoms with Crippen molar-refractivity contribution >= 4 is 11.8 Å². The normalized spacial score (nSPS) is 10.4. The summed E-state index contributed by atoms with van der Waals surface area (Å²) in [5, 5.41) is 6.61. The average Bonchev–Trinajstić information content (AvgIpc) is 2.39. The van der Waals surface area contributed by atoms with E-state index in [0.29, 0.717) is 0 Å². The van der Waals surface area contributed by atoms with Crippen LogP contribution in [0.4, 0.5) is 11.8 Å². The van der Waals surface area contributed by atoms with E-state index in [0.717, 1.165) is 36.8 Å². The van der Waals surface area contributed by atoms with Crippen molar-refractivity contribution in [1.82, 2.24) is 9.97 Å². The van der Waals surface area contributed by atoms with Crippen molar-refractivity contribution in [3.05, 3.63) is 11.8 Å². The zero-order valence-corrected chi connectivity index (χ0v) is 11.9. The third-order valence-corrected chi connectivity index (χ3v) is 2.83. The van der Waals surface area contributed by atoms with Crippen LogP contribution in [0.3, 0.4) is 0 Å². The van der Waals surface area contributed by atoms with Crippen molar-refractivity contribution in [2.24, 2.45) is 0 Å².